The summed E-state index contributed by atoms with van der Waals surface area (Å²) in [6, 6.07) is 8.04. The van der Waals surface area contributed by atoms with E-state index < -0.39 is 0 Å². The van der Waals surface area contributed by atoms with E-state index in [1.807, 2.05) is 19.2 Å². The van der Waals surface area contributed by atoms with Gasteiger partial charge in [0.1, 0.15) is 0 Å². The summed E-state index contributed by atoms with van der Waals surface area (Å²) in [6.07, 6.45) is 0. The molecule has 0 aromatic heterocycles. The first-order valence-corrected chi connectivity index (χ1v) is 6.40. The van der Waals surface area contributed by atoms with Crippen LogP contribution in [0.25, 0.3) is 0 Å². The van der Waals surface area contributed by atoms with Crippen LogP contribution in [0.1, 0.15) is 26.3 Å². The first-order chi connectivity index (χ1) is 8.30. The average molecular weight is 262 g/mol. The lowest BCUT2D eigenvalue weighted by Gasteiger charge is -2.21. The standard InChI is InChI=1S/C14H18N2OS/c1-14(2,3)10-5-7-11(8-6-10)16-12(17)9-15(4)13(16)18/h5-8H,9H2,1-4H3. The number of hydrogen-bond acceptors (Lipinski definition) is 2. The Balaban J connectivity index is 2.31. The molecule has 0 bridgehead atoms. The van der Waals surface area contributed by atoms with Crippen LogP contribution < -0.4 is 4.90 Å². The molecular weight excluding hydrogens is 244 g/mol. The van der Waals surface area contributed by atoms with Crippen molar-refractivity contribution in [1.29, 1.82) is 0 Å². The van der Waals surface area contributed by atoms with Crippen LogP contribution in [0.2, 0.25) is 0 Å². The minimum Gasteiger partial charge on any atom is -0.342 e. The van der Waals surface area contributed by atoms with Crippen molar-refractivity contribution < 1.29 is 4.79 Å². The van der Waals surface area contributed by atoms with Crippen LogP contribution in [0.15, 0.2) is 24.3 Å². The lowest BCUT2D eigenvalue weighted by molar-refractivity contribution is -0.116. The topological polar surface area (TPSA) is 23.6 Å². The Hall–Kier alpha value is -1.42. The van der Waals surface area contributed by atoms with Crippen molar-refractivity contribution in [2.24, 2.45) is 0 Å². The van der Waals surface area contributed by atoms with Crippen LogP contribution in [0, 0.1) is 0 Å². The predicted molar refractivity (Wildman–Crippen MR) is 77.9 cm³/mol. The normalized spacial score (nSPS) is 16.7. The molecule has 0 aliphatic carbocycles. The molecule has 1 heterocycles. The second-order valence-electron chi connectivity index (χ2n) is 5.66. The van der Waals surface area contributed by atoms with Gasteiger partial charge in [-0.15, -0.1) is 0 Å². The smallest absolute Gasteiger partial charge is 0.252 e. The number of carbonyl (C=O) groups excluding carboxylic acids is 1. The Morgan fingerprint density at radius 2 is 1.72 bits per heavy atom. The van der Waals surface area contributed by atoms with E-state index in [-0.39, 0.29) is 11.3 Å². The van der Waals surface area contributed by atoms with Gasteiger partial charge in [-0.05, 0) is 35.3 Å². The molecular formula is C14H18N2OS. The van der Waals surface area contributed by atoms with Crippen molar-refractivity contribution in [3.8, 4) is 0 Å². The van der Waals surface area contributed by atoms with Crippen LogP contribution in [-0.2, 0) is 10.2 Å². The second kappa shape index (κ2) is 4.35. The molecule has 1 aliphatic heterocycles. The fraction of sp³-hybridized carbons (Fsp3) is 0.429. The van der Waals surface area contributed by atoms with Gasteiger partial charge in [-0.2, -0.15) is 0 Å². The third-order valence-corrected chi connectivity index (χ3v) is 3.63. The van der Waals surface area contributed by atoms with Crippen LogP contribution >= 0.6 is 12.2 Å². The molecule has 1 saturated heterocycles. The molecule has 0 radical (unpaired) electrons. The predicted octanol–water partition coefficient (Wildman–Crippen LogP) is 2.55. The van der Waals surface area contributed by atoms with Crippen molar-refractivity contribution >= 4 is 28.9 Å². The molecule has 0 saturated carbocycles. The van der Waals surface area contributed by atoms with E-state index in [2.05, 4.69) is 32.9 Å². The van der Waals surface area contributed by atoms with Gasteiger partial charge in [0.25, 0.3) is 5.91 Å². The van der Waals surface area contributed by atoms with Gasteiger partial charge in [0, 0.05) is 7.05 Å². The number of anilines is 1. The molecule has 1 fully saturated rings. The number of carbonyl (C=O) groups is 1. The fourth-order valence-electron chi connectivity index (χ4n) is 1.98. The number of hydrogen-bond donors (Lipinski definition) is 0. The van der Waals surface area contributed by atoms with E-state index >= 15 is 0 Å². The van der Waals surface area contributed by atoms with E-state index in [1.165, 1.54) is 5.56 Å². The first-order valence-electron chi connectivity index (χ1n) is 5.99. The largest absolute Gasteiger partial charge is 0.342 e. The molecule has 96 valence electrons. The Labute approximate surface area is 113 Å². The summed E-state index contributed by atoms with van der Waals surface area (Å²) in [6.45, 7) is 6.87. The number of nitrogens with zero attached hydrogens (tertiary/aromatic N) is 2. The monoisotopic (exact) mass is 262 g/mol. The molecule has 0 unspecified atom stereocenters. The summed E-state index contributed by atoms with van der Waals surface area (Å²) < 4.78 is 0. The number of amides is 1. The van der Waals surface area contributed by atoms with Gasteiger partial charge in [-0.25, -0.2) is 0 Å². The summed E-state index contributed by atoms with van der Waals surface area (Å²) in [7, 11) is 1.84. The molecule has 18 heavy (non-hydrogen) atoms. The zero-order valence-corrected chi connectivity index (χ0v) is 12.0. The molecule has 3 nitrogen and oxygen atoms in total. The maximum absolute atomic E-state index is 11.9. The second-order valence-corrected chi connectivity index (χ2v) is 6.03. The van der Waals surface area contributed by atoms with E-state index in [0.717, 1.165) is 5.69 Å². The average Bonchev–Trinajstić information content (AvgIpc) is 2.52. The van der Waals surface area contributed by atoms with E-state index in [4.69, 9.17) is 12.2 Å². The molecule has 0 atom stereocenters. The fourth-order valence-corrected chi connectivity index (χ4v) is 2.26. The highest BCUT2D eigenvalue weighted by Crippen LogP contribution is 2.26. The summed E-state index contributed by atoms with van der Waals surface area (Å²) in [4.78, 5) is 15.3. The molecule has 1 aliphatic rings. The molecule has 0 N–H and O–H groups in total. The third kappa shape index (κ3) is 2.25. The molecule has 2 rings (SSSR count). The third-order valence-electron chi connectivity index (χ3n) is 3.13. The highest BCUT2D eigenvalue weighted by Gasteiger charge is 2.31. The van der Waals surface area contributed by atoms with E-state index in [1.54, 1.807) is 9.80 Å². The van der Waals surface area contributed by atoms with E-state index in [9.17, 15) is 4.79 Å². The number of likely N-dealkylation sites (N-methyl/N-ethyl adjacent to an activating group) is 1. The van der Waals surface area contributed by atoms with Gasteiger partial charge >= 0.3 is 0 Å². The number of rotatable bonds is 1. The zero-order chi connectivity index (χ0) is 13.5. The Kier molecular flexibility index (Phi) is 3.15. The van der Waals surface area contributed by atoms with E-state index in [0.29, 0.717) is 11.7 Å². The lowest BCUT2D eigenvalue weighted by Crippen LogP contribution is -2.31. The lowest BCUT2D eigenvalue weighted by atomic mass is 9.87. The minimum absolute atomic E-state index is 0.0333. The minimum atomic E-state index is 0.0333. The van der Waals surface area contributed by atoms with Crippen LogP contribution in [-0.4, -0.2) is 29.5 Å². The van der Waals surface area contributed by atoms with Gasteiger partial charge in [0.05, 0.1) is 12.2 Å². The van der Waals surface area contributed by atoms with Gasteiger partial charge in [0.15, 0.2) is 5.11 Å². The zero-order valence-electron chi connectivity index (χ0n) is 11.2. The van der Waals surface area contributed by atoms with Crippen molar-refractivity contribution in [1.82, 2.24) is 4.90 Å². The Morgan fingerprint density at radius 3 is 2.11 bits per heavy atom. The summed E-state index contributed by atoms with van der Waals surface area (Å²) in [5, 5.41) is 0.573. The summed E-state index contributed by atoms with van der Waals surface area (Å²) in [5.41, 5.74) is 2.21. The SMILES string of the molecule is CN1CC(=O)N(c2ccc(C(C)(C)C)cc2)C1=S. The first kappa shape index (κ1) is 13.0. The van der Waals surface area contributed by atoms with Crippen molar-refractivity contribution in [3.05, 3.63) is 29.8 Å². The van der Waals surface area contributed by atoms with Crippen LogP contribution in [0.4, 0.5) is 5.69 Å². The van der Waals surface area contributed by atoms with Crippen LogP contribution in [0.3, 0.4) is 0 Å². The van der Waals surface area contributed by atoms with Gasteiger partial charge in [-0.3, -0.25) is 9.69 Å². The summed E-state index contributed by atoms with van der Waals surface area (Å²) >= 11 is 5.26. The van der Waals surface area contributed by atoms with Gasteiger partial charge < -0.3 is 4.90 Å². The number of benzene rings is 1. The van der Waals surface area contributed by atoms with Crippen molar-refractivity contribution in [2.75, 3.05) is 18.5 Å². The number of thiocarbonyl (C=S) groups is 1. The quantitative estimate of drug-likeness (QED) is 0.727. The van der Waals surface area contributed by atoms with Gasteiger partial charge in [0.2, 0.25) is 0 Å². The van der Waals surface area contributed by atoms with Crippen molar-refractivity contribution in [3.63, 3.8) is 0 Å². The highest BCUT2D eigenvalue weighted by atomic mass is 32.1. The molecule has 1 amide bonds. The molecule has 0 spiro atoms. The maximum Gasteiger partial charge on any atom is 0.252 e. The molecule has 1 aromatic carbocycles. The molecule has 4 heteroatoms. The molecule has 1 aromatic rings. The van der Waals surface area contributed by atoms with Gasteiger partial charge in [-0.1, -0.05) is 32.9 Å². The maximum atomic E-state index is 11.9. The van der Waals surface area contributed by atoms with Crippen LogP contribution in [0.5, 0.6) is 0 Å². The Morgan fingerprint density at radius 1 is 1.17 bits per heavy atom. The Bertz CT molecular complexity index is 488. The summed E-state index contributed by atoms with van der Waals surface area (Å²) in [5.74, 6) is 0.0333. The highest BCUT2D eigenvalue weighted by molar-refractivity contribution is 7.80. The van der Waals surface area contributed by atoms with Crippen molar-refractivity contribution in [2.45, 2.75) is 26.2 Å².